The van der Waals surface area contributed by atoms with E-state index in [0.29, 0.717) is 18.0 Å². The third kappa shape index (κ3) is 4.16. The van der Waals surface area contributed by atoms with Crippen LogP contribution in [0.5, 0.6) is 0 Å². The van der Waals surface area contributed by atoms with Crippen LogP contribution in [0, 0.1) is 5.41 Å². The van der Waals surface area contributed by atoms with Gasteiger partial charge in [0.2, 0.25) is 5.91 Å². The molecule has 0 bridgehead atoms. The number of ether oxygens (including phenoxy) is 1. The van der Waals surface area contributed by atoms with Crippen LogP contribution in [-0.4, -0.2) is 62.7 Å². The molecule has 6 nitrogen and oxygen atoms in total. The summed E-state index contributed by atoms with van der Waals surface area (Å²) in [6.45, 7) is 4.03. The molecule has 2 heterocycles. The van der Waals surface area contributed by atoms with Gasteiger partial charge < -0.3 is 20.3 Å². The highest BCUT2D eigenvalue weighted by Crippen LogP contribution is 2.38. The molecule has 23 heavy (non-hydrogen) atoms. The van der Waals surface area contributed by atoms with Crippen molar-refractivity contribution in [1.29, 1.82) is 0 Å². The first-order valence-corrected chi connectivity index (χ1v) is 9.03. The van der Waals surface area contributed by atoms with E-state index in [1.54, 1.807) is 7.05 Å². The van der Waals surface area contributed by atoms with Gasteiger partial charge in [0.05, 0.1) is 13.2 Å². The fraction of sp³-hybridized carbons (Fsp3) is 0.882. The molecule has 0 aromatic heterocycles. The molecule has 1 unspecified atom stereocenters. The number of hydrogen-bond acceptors (Lipinski definition) is 3. The average Bonchev–Trinajstić information content (AvgIpc) is 3.20. The van der Waals surface area contributed by atoms with Gasteiger partial charge in [0.25, 0.3) is 0 Å². The van der Waals surface area contributed by atoms with E-state index in [4.69, 9.17) is 4.74 Å². The summed E-state index contributed by atoms with van der Waals surface area (Å²) in [6.07, 6.45) is 8.31. The molecule has 0 aromatic carbocycles. The Morgan fingerprint density at radius 2 is 2.13 bits per heavy atom. The van der Waals surface area contributed by atoms with E-state index in [1.807, 2.05) is 0 Å². The zero-order valence-electron chi connectivity index (χ0n) is 14.3. The van der Waals surface area contributed by atoms with Crippen LogP contribution in [0.3, 0.4) is 0 Å². The van der Waals surface area contributed by atoms with Crippen molar-refractivity contribution < 1.29 is 9.53 Å². The predicted octanol–water partition coefficient (Wildman–Crippen LogP) is 1.12. The van der Waals surface area contributed by atoms with Crippen molar-refractivity contribution in [3.05, 3.63) is 0 Å². The average molecular weight is 322 g/mol. The van der Waals surface area contributed by atoms with Gasteiger partial charge in [-0.15, -0.1) is 0 Å². The van der Waals surface area contributed by atoms with Gasteiger partial charge >= 0.3 is 0 Å². The smallest absolute Gasteiger partial charge is 0.239 e. The summed E-state index contributed by atoms with van der Waals surface area (Å²) in [5.41, 5.74) is 0.308. The largest absolute Gasteiger partial charge is 0.381 e. The van der Waals surface area contributed by atoms with Crippen LogP contribution in [0.25, 0.3) is 0 Å². The summed E-state index contributed by atoms with van der Waals surface area (Å²) >= 11 is 0. The minimum atomic E-state index is 0.0798. The number of likely N-dealkylation sites (tertiary alicyclic amines) is 1. The summed E-state index contributed by atoms with van der Waals surface area (Å²) in [6, 6.07) is 0.366. The molecule has 1 saturated carbocycles. The van der Waals surface area contributed by atoms with Gasteiger partial charge in [-0.25, -0.2) is 0 Å². The zero-order chi connectivity index (χ0) is 16.1. The maximum Gasteiger partial charge on any atom is 0.239 e. The van der Waals surface area contributed by atoms with Gasteiger partial charge in [0.15, 0.2) is 5.96 Å². The number of carbonyl (C=O) groups excluding carboxylic acids is 1. The lowest BCUT2D eigenvalue weighted by Gasteiger charge is -2.26. The lowest BCUT2D eigenvalue weighted by molar-refractivity contribution is -0.120. The number of nitrogens with zero attached hydrogens (tertiary/aromatic N) is 2. The van der Waals surface area contributed by atoms with Crippen LogP contribution in [0.2, 0.25) is 0 Å². The first-order valence-electron chi connectivity index (χ1n) is 9.03. The van der Waals surface area contributed by atoms with Crippen LogP contribution in [0.15, 0.2) is 4.99 Å². The Hall–Kier alpha value is -1.30. The van der Waals surface area contributed by atoms with Gasteiger partial charge in [0, 0.05) is 38.2 Å². The van der Waals surface area contributed by atoms with Crippen LogP contribution in [0.4, 0.5) is 0 Å². The molecule has 3 fully saturated rings. The second-order valence-corrected chi connectivity index (χ2v) is 7.28. The van der Waals surface area contributed by atoms with Crippen molar-refractivity contribution in [3.8, 4) is 0 Å². The Labute approximate surface area is 139 Å². The monoisotopic (exact) mass is 322 g/mol. The Balaban J connectivity index is 1.43. The molecular formula is C17H30N4O2. The summed E-state index contributed by atoms with van der Waals surface area (Å²) in [5.74, 6) is 0.920. The van der Waals surface area contributed by atoms with Crippen LogP contribution in [-0.2, 0) is 9.53 Å². The molecule has 6 heteroatoms. The minimum absolute atomic E-state index is 0.0798. The van der Waals surface area contributed by atoms with Gasteiger partial charge in [-0.3, -0.25) is 9.79 Å². The molecule has 2 saturated heterocycles. The number of amides is 1. The van der Waals surface area contributed by atoms with E-state index < -0.39 is 0 Å². The molecule has 3 rings (SSSR count). The highest BCUT2D eigenvalue weighted by Gasteiger charge is 2.42. The summed E-state index contributed by atoms with van der Waals surface area (Å²) in [7, 11) is 1.79. The van der Waals surface area contributed by atoms with Crippen molar-refractivity contribution in [3.63, 3.8) is 0 Å². The Kier molecular flexibility index (Phi) is 5.41. The number of rotatable bonds is 3. The highest BCUT2D eigenvalue weighted by molar-refractivity contribution is 5.86. The van der Waals surface area contributed by atoms with E-state index in [2.05, 4.69) is 20.5 Å². The number of nitrogens with one attached hydrogen (secondary N) is 2. The number of aliphatic imine (C=N–C) groups is 1. The Morgan fingerprint density at radius 1 is 1.30 bits per heavy atom. The molecule has 1 amide bonds. The van der Waals surface area contributed by atoms with E-state index in [0.717, 1.165) is 57.9 Å². The first-order chi connectivity index (χ1) is 11.2. The zero-order valence-corrected chi connectivity index (χ0v) is 14.3. The lowest BCUT2D eigenvalue weighted by atomic mass is 9.87. The lowest BCUT2D eigenvalue weighted by Crippen LogP contribution is -2.47. The molecule has 1 atom stereocenters. The quantitative estimate of drug-likeness (QED) is 0.604. The predicted molar refractivity (Wildman–Crippen MR) is 90.4 cm³/mol. The second kappa shape index (κ2) is 7.51. The molecule has 0 radical (unpaired) electrons. The van der Waals surface area contributed by atoms with Gasteiger partial charge in [-0.2, -0.15) is 0 Å². The SMILES string of the molecule is CN=C(NCC(=O)NC1CCCCC1)N1CCC2(CCOC2)C1. The third-order valence-electron chi connectivity index (χ3n) is 5.51. The maximum atomic E-state index is 12.1. The minimum Gasteiger partial charge on any atom is -0.381 e. The number of carbonyl (C=O) groups is 1. The van der Waals surface area contributed by atoms with Crippen molar-refractivity contribution in [2.24, 2.45) is 10.4 Å². The van der Waals surface area contributed by atoms with Crippen LogP contribution >= 0.6 is 0 Å². The maximum absolute atomic E-state index is 12.1. The van der Waals surface area contributed by atoms with Crippen LogP contribution < -0.4 is 10.6 Å². The summed E-state index contributed by atoms with van der Waals surface area (Å²) in [4.78, 5) is 18.7. The van der Waals surface area contributed by atoms with Crippen molar-refractivity contribution >= 4 is 11.9 Å². The van der Waals surface area contributed by atoms with E-state index in [1.165, 1.54) is 19.3 Å². The second-order valence-electron chi connectivity index (χ2n) is 7.28. The van der Waals surface area contributed by atoms with Gasteiger partial charge in [0.1, 0.15) is 0 Å². The summed E-state index contributed by atoms with van der Waals surface area (Å²) < 4.78 is 5.58. The van der Waals surface area contributed by atoms with Crippen molar-refractivity contribution in [2.45, 2.75) is 51.0 Å². The topological polar surface area (TPSA) is 66.0 Å². The van der Waals surface area contributed by atoms with Crippen molar-refractivity contribution in [2.75, 3.05) is 39.9 Å². The highest BCUT2D eigenvalue weighted by atomic mass is 16.5. The fourth-order valence-corrected chi connectivity index (χ4v) is 4.10. The van der Waals surface area contributed by atoms with E-state index >= 15 is 0 Å². The van der Waals surface area contributed by atoms with E-state index in [9.17, 15) is 4.79 Å². The van der Waals surface area contributed by atoms with Gasteiger partial charge in [-0.05, 0) is 25.7 Å². The third-order valence-corrected chi connectivity index (χ3v) is 5.51. The van der Waals surface area contributed by atoms with Crippen LogP contribution in [0.1, 0.15) is 44.9 Å². The van der Waals surface area contributed by atoms with E-state index in [-0.39, 0.29) is 5.91 Å². The fourth-order valence-electron chi connectivity index (χ4n) is 4.10. The molecule has 2 N–H and O–H groups in total. The number of guanidine groups is 1. The standard InChI is InChI=1S/C17H30N4O2/c1-18-16(21-9-7-17(12-21)8-10-23-13-17)19-11-15(22)20-14-5-3-2-4-6-14/h14H,2-13H2,1H3,(H,18,19)(H,20,22). The Morgan fingerprint density at radius 3 is 2.83 bits per heavy atom. The summed E-state index contributed by atoms with van der Waals surface area (Å²) in [5, 5.41) is 6.37. The molecule has 3 aliphatic rings. The first kappa shape index (κ1) is 16.6. The normalized spacial score (nSPS) is 29.3. The molecule has 0 aromatic rings. The number of hydrogen-bond donors (Lipinski definition) is 2. The molecular weight excluding hydrogens is 292 g/mol. The molecule has 130 valence electrons. The van der Waals surface area contributed by atoms with Crippen molar-refractivity contribution in [1.82, 2.24) is 15.5 Å². The Bertz CT molecular complexity index is 440. The molecule has 1 aliphatic carbocycles. The molecule has 2 aliphatic heterocycles. The molecule has 1 spiro atoms. The van der Waals surface area contributed by atoms with Gasteiger partial charge in [-0.1, -0.05) is 19.3 Å².